The van der Waals surface area contributed by atoms with Gasteiger partial charge in [0.25, 0.3) is 5.91 Å². The van der Waals surface area contributed by atoms with Crippen LogP contribution in [-0.4, -0.2) is 37.6 Å². The molecule has 5 heteroatoms. The topological polar surface area (TPSA) is 29.5 Å². The van der Waals surface area contributed by atoms with Crippen molar-refractivity contribution in [2.24, 2.45) is 0 Å². The van der Waals surface area contributed by atoms with Gasteiger partial charge in [0.1, 0.15) is 0 Å². The highest BCUT2D eigenvalue weighted by Gasteiger charge is 2.20. The van der Waals surface area contributed by atoms with Gasteiger partial charge in [0.2, 0.25) is 0 Å². The zero-order chi connectivity index (χ0) is 13.8. The zero-order valence-corrected chi connectivity index (χ0v) is 12.4. The van der Waals surface area contributed by atoms with Gasteiger partial charge in [-0.3, -0.25) is 4.79 Å². The Bertz CT molecular complexity index is 516. The van der Waals surface area contributed by atoms with Crippen LogP contribution in [0.4, 0.5) is 0 Å². The standard InChI is InChI=1S/C14H16ClNO2S/c1-18-9-10-4-6-16(7-5-10)14(17)12-8-11(19)2-3-13(12)15/h2-4,8,19H,5-7,9H2,1H3. The molecule has 19 heavy (non-hydrogen) atoms. The average molecular weight is 298 g/mol. The number of methoxy groups -OCH3 is 1. The van der Waals surface area contributed by atoms with Crippen molar-refractivity contribution in [1.29, 1.82) is 0 Å². The van der Waals surface area contributed by atoms with E-state index in [0.29, 0.717) is 30.3 Å². The Balaban J connectivity index is 2.11. The van der Waals surface area contributed by atoms with Crippen LogP contribution in [0, 0.1) is 0 Å². The molecule has 0 saturated heterocycles. The Kier molecular flexibility index (Phi) is 4.91. The van der Waals surface area contributed by atoms with Gasteiger partial charge in [0.15, 0.2) is 0 Å². The highest BCUT2D eigenvalue weighted by molar-refractivity contribution is 7.80. The molecule has 0 saturated carbocycles. The lowest BCUT2D eigenvalue weighted by Crippen LogP contribution is -2.35. The molecule has 0 aromatic heterocycles. The summed E-state index contributed by atoms with van der Waals surface area (Å²) in [6.07, 6.45) is 2.89. The molecule has 1 aromatic carbocycles. The molecule has 0 N–H and O–H groups in total. The van der Waals surface area contributed by atoms with Crippen molar-refractivity contribution in [3.05, 3.63) is 40.4 Å². The second-order valence-electron chi connectivity index (χ2n) is 4.46. The minimum atomic E-state index is -0.0476. The van der Waals surface area contributed by atoms with Crippen LogP contribution in [0.25, 0.3) is 0 Å². The Morgan fingerprint density at radius 2 is 2.32 bits per heavy atom. The van der Waals surface area contributed by atoms with Crippen molar-refractivity contribution in [1.82, 2.24) is 4.90 Å². The van der Waals surface area contributed by atoms with E-state index in [4.69, 9.17) is 16.3 Å². The smallest absolute Gasteiger partial charge is 0.255 e. The summed E-state index contributed by atoms with van der Waals surface area (Å²) in [6.45, 7) is 1.93. The number of thiol groups is 1. The number of carbonyl (C=O) groups is 1. The van der Waals surface area contributed by atoms with Gasteiger partial charge < -0.3 is 9.64 Å². The van der Waals surface area contributed by atoms with Gasteiger partial charge in [-0.25, -0.2) is 0 Å². The van der Waals surface area contributed by atoms with Crippen molar-refractivity contribution in [2.45, 2.75) is 11.3 Å². The molecule has 0 fully saturated rings. The molecule has 1 aliphatic heterocycles. The quantitative estimate of drug-likeness (QED) is 0.686. The number of carbonyl (C=O) groups excluding carboxylic acids is 1. The Morgan fingerprint density at radius 1 is 1.53 bits per heavy atom. The highest BCUT2D eigenvalue weighted by Crippen LogP contribution is 2.22. The van der Waals surface area contributed by atoms with Gasteiger partial charge in [-0.15, -0.1) is 12.6 Å². The number of amides is 1. The normalized spacial score (nSPS) is 15.3. The maximum Gasteiger partial charge on any atom is 0.255 e. The number of nitrogens with zero attached hydrogens (tertiary/aromatic N) is 1. The molecule has 102 valence electrons. The van der Waals surface area contributed by atoms with E-state index in [1.807, 2.05) is 6.08 Å². The van der Waals surface area contributed by atoms with Gasteiger partial charge in [0, 0.05) is 25.1 Å². The van der Waals surface area contributed by atoms with Gasteiger partial charge in [0.05, 0.1) is 17.2 Å². The Hall–Kier alpha value is -0.970. The number of hydrogen-bond acceptors (Lipinski definition) is 3. The van der Waals surface area contributed by atoms with E-state index < -0.39 is 0 Å². The van der Waals surface area contributed by atoms with Crippen LogP contribution in [0.5, 0.6) is 0 Å². The number of hydrogen-bond donors (Lipinski definition) is 1. The van der Waals surface area contributed by atoms with Crippen LogP contribution in [0.3, 0.4) is 0 Å². The largest absolute Gasteiger partial charge is 0.380 e. The third-order valence-electron chi connectivity index (χ3n) is 3.10. The first kappa shape index (κ1) is 14.4. The van der Waals surface area contributed by atoms with E-state index in [0.717, 1.165) is 11.3 Å². The lowest BCUT2D eigenvalue weighted by Gasteiger charge is -2.26. The minimum absolute atomic E-state index is 0.0476. The fourth-order valence-electron chi connectivity index (χ4n) is 2.06. The third kappa shape index (κ3) is 3.53. The minimum Gasteiger partial charge on any atom is -0.380 e. The van der Waals surface area contributed by atoms with E-state index in [2.05, 4.69) is 12.6 Å². The second-order valence-corrected chi connectivity index (χ2v) is 5.38. The van der Waals surface area contributed by atoms with Gasteiger partial charge >= 0.3 is 0 Å². The summed E-state index contributed by atoms with van der Waals surface area (Å²) in [4.78, 5) is 14.9. The molecule has 1 aromatic rings. The molecule has 1 heterocycles. The molecule has 0 radical (unpaired) electrons. The van der Waals surface area contributed by atoms with Crippen molar-refractivity contribution in [3.8, 4) is 0 Å². The van der Waals surface area contributed by atoms with Gasteiger partial charge in [-0.05, 0) is 30.2 Å². The Labute approximate surface area is 123 Å². The van der Waals surface area contributed by atoms with Gasteiger partial charge in [-0.2, -0.15) is 0 Å². The lowest BCUT2D eigenvalue weighted by molar-refractivity contribution is 0.0765. The fraction of sp³-hybridized carbons (Fsp3) is 0.357. The molecule has 0 bridgehead atoms. The van der Waals surface area contributed by atoms with Crippen molar-refractivity contribution in [2.75, 3.05) is 26.8 Å². The number of rotatable bonds is 3. The molecular weight excluding hydrogens is 282 g/mol. The van der Waals surface area contributed by atoms with Crippen molar-refractivity contribution < 1.29 is 9.53 Å². The van der Waals surface area contributed by atoms with E-state index in [-0.39, 0.29) is 5.91 Å². The molecular formula is C14H16ClNO2S. The summed E-state index contributed by atoms with van der Waals surface area (Å²) in [5.41, 5.74) is 1.75. The predicted molar refractivity (Wildman–Crippen MR) is 79.2 cm³/mol. The number of halogens is 1. The SMILES string of the molecule is COCC1=CCN(C(=O)c2cc(S)ccc2Cl)CC1. The second kappa shape index (κ2) is 6.46. The van der Waals surface area contributed by atoms with E-state index >= 15 is 0 Å². The first-order chi connectivity index (χ1) is 9.11. The summed E-state index contributed by atoms with van der Waals surface area (Å²) in [7, 11) is 1.68. The summed E-state index contributed by atoms with van der Waals surface area (Å²) in [5, 5.41) is 0.467. The maximum atomic E-state index is 12.4. The summed E-state index contributed by atoms with van der Waals surface area (Å²) in [6, 6.07) is 5.18. The van der Waals surface area contributed by atoms with Crippen molar-refractivity contribution >= 4 is 30.1 Å². The molecule has 0 spiro atoms. The van der Waals surface area contributed by atoms with E-state index in [9.17, 15) is 4.79 Å². The van der Waals surface area contributed by atoms with Crippen LogP contribution >= 0.6 is 24.2 Å². The van der Waals surface area contributed by atoms with Crippen LogP contribution < -0.4 is 0 Å². The predicted octanol–water partition coefficient (Wildman–Crippen LogP) is 3.05. The van der Waals surface area contributed by atoms with Crippen LogP contribution in [0.1, 0.15) is 16.8 Å². The third-order valence-corrected chi connectivity index (χ3v) is 3.71. The first-order valence-electron chi connectivity index (χ1n) is 6.06. The van der Waals surface area contributed by atoms with E-state index in [1.54, 1.807) is 30.2 Å². The Morgan fingerprint density at radius 3 is 2.95 bits per heavy atom. The monoisotopic (exact) mass is 297 g/mol. The van der Waals surface area contributed by atoms with Gasteiger partial charge in [-0.1, -0.05) is 17.7 Å². The molecule has 0 atom stereocenters. The molecule has 0 unspecified atom stereocenters. The molecule has 2 rings (SSSR count). The fourth-order valence-corrected chi connectivity index (χ4v) is 2.46. The zero-order valence-electron chi connectivity index (χ0n) is 10.7. The summed E-state index contributed by atoms with van der Waals surface area (Å²) >= 11 is 10.3. The summed E-state index contributed by atoms with van der Waals surface area (Å²) in [5.74, 6) is -0.0476. The molecule has 0 aliphatic carbocycles. The number of ether oxygens (including phenoxy) is 1. The molecule has 3 nitrogen and oxygen atoms in total. The summed E-state index contributed by atoms with van der Waals surface area (Å²) < 4.78 is 5.09. The maximum absolute atomic E-state index is 12.4. The van der Waals surface area contributed by atoms with Crippen LogP contribution in [0.15, 0.2) is 34.7 Å². The lowest BCUT2D eigenvalue weighted by atomic mass is 10.1. The highest BCUT2D eigenvalue weighted by atomic mass is 35.5. The number of benzene rings is 1. The molecule has 1 aliphatic rings. The molecule has 1 amide bonds. The van der Waals surface area contributed by atoms with Crippen LogP contribution in [0.2, 0.25) is 5.02 Å². The van der Waals surface area contributed by atoms with Crippen LogP contribution in [-0.2, 0) is 4.74 Å². The average Bonchev–Trinajstić information content (AvgIpc) is 2.42. The van der Waals surface area contributed by atoms with Crippen molar-refractivity contribution in [3.63, 3.8) is 0 Å². The van der Waals surface area contributed by atoms with E-state index in [1.165, 1.54) is 5.57 Å². The first-order valence-corrected chi connectivity index (χ1v) is 6.89.